The van der Waals surface area contributed by atoms with Gasteiger partial charge in [-0.1, -0.05) is 5.16 Å². The summed E-state index contributed by atoms with van der Waals surface area (Å²) in [5, 5.41) is 7.66. The molecule has 2 unspecified atom stereocenters. The Bertz CT molecular complexity index is 416. The number of aromatic nitrogens is 2. The largest absolute Gasteiger partial charge is 0.337 e. The Morgan fingerprint density at radius 2 is 2.44 bits per heavy atom. The molecule has 2 aliphatic heterocycles. The highest BCUT2D eigenvalue weighted by molar-refractivity contribution is 7.99. The number of nitrogens with zero attached hydrogens (tertiary/aromatic N) is 3. The van der Waals surface area contributed by atoms with E-state index in [2.05, 4.69) is 34.3 Å². The predicted octanol–water partition coefficient (Wildman–Crippen LogP) is 1.39. The van der Waals surface area contributed by atoms with E-state index in [9.17, 15) is 0 Å². The van der Waals surface area contributed by atoms with Crippen molar-refractivity contribution in [2.45, 2.75) is 31.3 Å². The number of hydrogen-bond donors (Lipinski definition) is 1. The number of thioether (sulfide) groups is 1. The summed E-state index contributed by atoms with van der Waals surface area (Å²) in [7, 11) is 2.13. The van der Waals surface area contributed by atoms with Crippen LogP contribution in [0.4, 0.5) is 0 Å². The monoisotopic (exact) mass is 268 g/mol. The van der Waals surface area contributed by atoms with Crippen molar-refractivity contribution in [2.24, 2.45) is 0 Å². The molecule has 1 N–H and O–H groups in total. The van der Waals surface area contributed by atoms with Crippen LogP contribution < -0.4 is 5.32 Å². The Labute approximate surface area is 112 Å². The molecule has 0 amide bonds. The van der Waals surface area contributed by atoms with Crippen molar-refractivity contribution >= 4 is 11.8 Å². The molecule has 2 saturated heterocycles. The van der Waals surface area contributed by atoms with Gasteiger partial charge in [-0.2, -0.15) is 16.7 Å². The molecule has 0 aromatic carbocycles. The summed E-state index contributed by atoms with van der Waals surface area (Å²) < 4.78 is 5.49. The van der Waals surface area contributed by atoms with E-state index in [4.69, 9.17) is 4.52 Å². The zero-order valence-corrected chi connectivity index (χ0v) is 11.8. The van der Waals surface area contributed by atoms with E-state index in [1.165, 1.54) is 12.2 Å². The molecule has 1 aromatic heterocycles. The standard InChI is InChI=1S/C12H20N4OS/c1-12(4-3-5-13-12)11-14-10(15-17-11)9-8-18-7-6-16(9)2/h9,13H,3-8H2,1-2H3. The van der Waals surface area contributed by atoms with Crippen LogP contribution in [0.2, 0.25) is 0 Å². The van der Waals surface area contributed by atoms with E-state index in [1.807, 2.05) is 11.8 Å². The molecule has 6 heteroatoms. The fourth-order valence-electron chi connectivity index (χ4n) is 2.63. The zero-order chi connectivity index (χ0) is 12.6. The van der Waals surface area contributed by atoms with Gasteiger partial charge in [0.25, 0.3) is 0 Å². The van der Waals surface area contributed by atoms with Crippen molar-refractivity contribution in [2.75, 3.05) is 31.6 Å². The molecular weight excluding hydrogens is 248 g/mol. The minimum atomic E-state index is -0.119. The van der Waals surface area contributed by atoms with Gasteiger partial charge in [0.05, 0.1) is 11.6 Å². The number of hydrogen-bond acceptors (Lipinski definition) is 6. The fraction of sp³-hybridized carbons (Fsp3) is 0.833. The summed E-state index contributed by atoms with van der Waals surface area (Å²) in [5.41, 5.74) is -0.119. The van der Waals surface area contributed by atoms with Gasteiger partial charge in [-0.25, -0.2) is 0 Å². The SMILES string of the molecule is CN1CCSCC1c1noc(C2(C)CCCN2)n1. The molecule has 0 bridgehead atoms. The van der Waals surface area contributed by atoms with E-state index >= 15 is 0 Å². The molecule has 18 heavy (non-hydrogen) atoms. The van der Waals surface area contributed by atoms with Gasteiger partial charge >= 0.3 is 0 Å². The molecule has 2 aliphatic rings. The number of rotatable bonds is 2. The first-order valence-electron chi connectivity index (χ1n) is 6.56. The van der Waals surface area contributed by atoms with Crippen molar-refractivity contribution in [1.29, 1.82) is 0 Å². The molecular formula is C12H20N4OS. The van der Waals surface area contributed by atoms with Gasteiger partial charge < -0.3 is 9.84 Å². The van der Waals surface area contributed by atoms with Gasteiger partial charge in [0, 0.05) is 18.1 Å². The Hall–Kier alpha value is -0.590. The highest BCUT2D eigenvalue weighted by atomic mass is 32.2. The minimum absolute atomic E-state index is 0.119. The topological polar surface area (TPSA) is 54.2 Å². The lowest BCUT2D eigenvalue weighted by atomic mass is 10.0. The molecule has 100 valence electrons. The quantitative estimate of drug-likeness (QED) is 0.875. The van der Waals surface area contributed by atoms with Crippen LogP contribution in [0.3, 0.4) is 0 Å². The third-order valence-electron chi connectivity index (χ3n) is 3.98. The molecule has 1 aromatic rings. The van der Waals surface area contributed by atoms with E-state index in [1.54, 1.807) is 0 Å². The van der Waals surface area contributed by atoms with Gasteiger partial charge in [-0.3, -0.25) is 4.90 Å². The third-order valence-corrected chi connectivity index (χ3v) is 5.00. The summed E-state index contributed by atoms with van der Waals surface area (Å²) in [6, 6.07) is 0.297. The van der Waals surface area contributed by atoms with Crippen LogP contribution in [0.25, 0.3) is 0 Å². The van der Waals surface area contributed by atoms with Crippen molar-refractivity contribution in [3.63, 3.8) is 0 Å². The first kappa shape index (κ1) is 12.4. The Morgan fingerprint density at radius 1 is 1.56 bits per heavy atom. The molecule has 5 nitrogen and oxygen atoms in total. The van der Waals surface area contributed by atoms with Crippen LogP contribution in [-0.2, 0) is 5.54 Å². The van der Waals surface area contributed by atoms with Gasteiger partial charge in [0.1, 0.15) is 0 Å². The lowest BCUT2D eigenvalue weighted by Crippen LogP contribution is -2.35. The van der Waals surface area contributed by atoms with Crippen molar-refractivity contribution < 1.29 is 4.52 Å². The number of nitrogens with one attached hydrogen (secondary N) is 1. The maximum Gasteiger partial charge on any atom is 0.246 e. The van der Waals surface area contributed by atoms with Gasteiger partial charge in [0.15, 0.2) is 5.82 Å². The Kier molecular flexibility index (Phi) is 3.34. The smallest absolute Gasteiger partial charge is 0.246 e. The summed E-state index contributed by atoms with van der Waals surface area (Å²) in [6.45, 7) is 4.28. The maximum absolute atomic E-state index is 5.49. The Balaban J connectivity index is 1.80. The first-order valence-corrected chi connectivity index (χ1v) is 7.72. The van der Waals surface area contributed by atoms with Crippen LogP contribution in [0.5, 0.6) is 0 Å². The van der Waals surface area contributed by atoms with Crippen LogP contribution in [-0.4, -0.2) is 46.7 Å². The molecule has 0 saturated carbocycles. The fourth-order valence-corrected chi connectivity index (χ4v) is 3.84. The molecule has 2 fully saturated rings. The highest BCUT2D eigenvalue weighted by Gasteiger charge is 2.37. The lowest BCUT2D eigenvalue weighted by molar-refractivity contribution is 0.249. The first-order chi connectivity index (χ1) is 8.69. The summed E-state index contributed by atoms with van der Waals surface area (Å²) in [6.07, 6.45) is 2.25. The van der Waals surface area contributed by atoms with E-state index in [0.29, 0.717) is 6.04 Å². The average molecular weight is 268 g/mol. The molecule has 0 radical (unpaired) electrons. The second-order valence-corrected chi connectivity index (χ2v) is 6.54. The second-order valence-electron chi connectivity index (χ2n) is 5.39. The second kappa shape index (κ2) is 4.83. The van der Waals surface area contributed by atoms with E-state index in [0.717, 1.165) is 37.0 Å². The molecule has 0 aliphatic carbocycles. The molecule has 3 heterocycles. The summed E-state index contributed by atoms with van der Waals surface area (Å²) in [4.78, 5) is 6.96. The van der Waals surface area contributed by atoms with Gasteiger partial charge in [-0.15, -0.1) is 0 Å². The minimum Gasteiger partial charge on any atom is -0.337 e. The lowest BCUT2D eigenvalue weighted by Gasteiger charge is -2.29. The Morgan fingerprint density at radius 3 is 3.17 bits per heavy atom. The third kappa shape index (κ3) is 2.17. The van der Waals surface area contributed by atoms with Crippen molar-refractivity contribution in [3.05, 3.63) is 11.7 Å². The van der Waals surface area contributed by atoms with Crippen LogP contribution in [0.1, 0.15) is 37.5 Å². The molecule has 2 atom stereocenters. The van der Waals surface area contributed by atoms with Crippen molar-refractivity contribution in [3.8, 4) is 0 Å². The zero-order valence-electron chi connectivity index (χ0n) is 11.0. The van der Waals surface area contributed by atoms with Crippen LogP contribution >= 0.6 is 11.8 Å². The van der Waals surface area contributed by atoms with Gasteiger partial charge in [0.2, 0.25) is 5.89 Å². The summed E-state index contributed by atoms with van der Waals surface area (Å²) in [5.74, 6) is 3.84. The van der Waals surface area contributed by atoms with Crippen LogP contribution in [0, 0.1) is 0 Å². The van der Waals surface area contributed by atoms with E-state index in [-0.39, 0.29) is 5.54 Å². The van der Waals surface area contributed by atoms with Crippen LogP contribution in [0.15, 0.2) is 4.52 Å². The highest BCUT2D eigenvalue weighted by Crippen LogP contribution is 2.31. The normalized spacial score (nSPS) is 34.0. The predicted molar refractivity (Wildman–Crippen MR) is 71.6 cm³/mol. The van der Waals surface area contributed by atoms with Crippen molar-refractivity contribution in [1.82, 2.24) is 20.4 Å². The molecule has 3 rings (SSSR count). The van der Waals surface area contributed by atoms with Gasteiger partial charge in [-0.05, 0) is 33.4 Å². The summed E-state index contributed by atoms with van der Waals surface area (Å²) >= 11 is 1.96. The molecule has 0 spiro atoms. The van der Waals surface area contributed by atoms with E-state index < -0.39 is 0 Å². The average Bonchev–Trinajstić information content (AvgIpc) is 2.99. The maximum atomic E-state index is 5.49.